The third-order valence-corrected chi connectivity index (χ3v) is 3.98. The van der Waals surface area contributed by atoms with Gasteiger partial charge in [-0.3, -0.25) is 0 Å². The molecule has 0 spiro atoms. The number of nitrogens with zero attached hydrogens (tertiary/aromatic N) is 1. The van der Waals surface area contributed by atoms with E-state index in [4.69, 9.17) is 0 Å². The molecule has 2 unspecified atom stereocenters. The van der Waals surface area contributed by atoms with Crippen LogP contribution >= 0.6 is 11.3 Å². The molecule has 2 N–H and O–H groups in total. The number of aliphatic hydroxyl groups excluding tert-OH is 1. The molecule has 0 bridgehead atoms. The first-order valence-corrected chi connectivity index (χ1v) is 6.52. The van der Waals surface area contributed by atoms with E-state index < -0.39 is 0 Å². The molecule has 1 saturated carbocycles. The minimum atomic E-state index is 0.338. The van der Waals surface area contributed by atoms with E-state index >= 15 is 0 Å². The summed E-state index contributed by atoms with van der Waals surface area (Å²) in [6.07, 6.45) is 6.82. The monoisotopic (exact) mass is 226 g/mol. The fourth-order valence-electron chi connectivity index (χ4n) is 2.32. The van der Waals surface area contributed by atoms with Gasteiger partial charge in [-0.1, -0.05) is 12.8 Å². The second-order valence-corrected chi connectivity index (χ2v) is 5.10. The first-order valence-electron chi connectivity index (χ1n) is 5.64. The molecule has 3 nitrogen and oxygen atoms in total. The van der Waals surface area contributed by atoms with Crippen molar-refractivity contribution in [2.24, 2.45) is 11.8 Å². The third-order valence-electron chi connectivity index (χ3n) is 3.25. The van der Waals surface area contributed by atoms with Crippen molar-refractivity contribution in [1.82, 2.24) is 4.98 Å². The molecule has 1 fully saturated rings. The highest BCUT2D eigenvalue weighted by molar-refractivity contribution is 7.13. The van der Waals surface area contributed by atoms with E-state index in [1.807, 2.05) is 11.6 Å². The molecule has 4 heteroatoms. The molecule has 2 rings (SSSR count). The van der Waals surface area contributed by atoms with Gasteiger partial charge in [0.25, 0.3) is 0 Å². The number of aromatic nitrogens is 1. The van der Waals surface area contributed by atoms with E-state index in [0.29, 0.717) is 18.4 Å². The Bertz CT molecular complexity index is 276. The van der Waals surface area contributed by atoms with Gasteiger partial charge < -0.3 is 10.4 Å². The van der Waals surface area contributed by atoms with Crippen LogP contribution in [0.4, 0.5) is 5.13 Å². The van der Waals surface area contributed by atoms with Crippen molar-refractivity contribution in [3.63, 3.8) is 0 Å². The zero-order valence-corrected chi connectivity index (χ0v) is 9.67. The Balaban J connectivity index is 1.81. The predicted molar refractivity (Wildman–Crippen MR) is 63.1 cm³/mol. The number of hydrogen-bond donors (Lipinski definition) is 2. The van der Waals surface area contributed by atoms with Gasteiger partial charge in [0.1, 0.15) is 0 Å². The number of thiazole rings is 1. The van der Waals surface area contributed by atoms with Crippen LogP contribution in [-0.2, 0) is 0 Å². The van der Waals surface area contributed by atoms with Gasteiger partial charge in [-0.2, -0.15) is 0 Å². The maximum Gasteiger partial charge on any atom is 0.182 e. The molecule has 2 atom stereocenters. The summed E-state index contributed by atoms with van der Waals surface area (Å²) in [5.74, 6) is 1.11. The lowest BCUT2D eigenvalue weighted by Crippen LogP contribution is -2.28. The number of rotatable bonds is 4. The summed E-state index contributed by atoms with van der Waals surface area (Å²) in [4.78, 5) is 4.20. The van der Waals surface area contributed by atoms with Crippen molar-refractivity contribution in [3.8, 4) is 0 Å². The predicted octanol–water partition coefficient (Wildman–Crippen LogP) is 2.35. The van der Waals surface area contributed by atoms with Crippen molar-refractivity contribution in [3.05, 3.63) is 11.6 Å². The van der Waals surface area contributed by atoms with Crippen LogP contribution in [0.15, 0.2) is 11.6 Å². The average molecular weight is 226 g/mol. The highest BCUT2D eigenvalue weighted by Crippen LogP contribution is 2.29. The molecule has 0 amide bonds. The van der Waals surface area contributed by atoms with Gasteiger partial charge in [0.05, 0.1) is 0 Å². The van der Waals surface area contributed by atoms with Gasteiger partial charge >= 0.3 is 0 Å². The molecule has 15 heavy (non-hydrogen) atoms. The van der Waals surface area contributed by atoms with Gasteiger partial charge in [-0.25, -0.2) is 4.98 Å². The Morgan fingerprint density at radius 1 is 1.40 bits per heavy atom. The quantitative estimate of drug-likeness (QED) is 0.828. The summed E-state index contributed by atoms with van der Waals surface area (Å²) in [7, 11) is 0. The average Bonchev–Trinajstić information content (AvgIpc) is 2.79. The fraction of sp³-hybridized carbons (Fsp3) is 0.727. The maximum absolute atomic E-state index is 9.28. The van der Waals surface area contributed by atoms with E-state index in [-0.39, 0.29) is 0 Å². The van der Waals surface area contributed by atoms with E-state index in [1.54, 1.807) is 11.3 Å². The molecular weight excluding hydrogens is 208 g/mol. The molecule has 84 valence electrons. The van der Waals surface area contributed by atoms with Crippen molar-refractivity contribution >= 4 is 16.5 Å². The summed E-state index contributed by atoms with van der Waals surface area (Å²) >= 11 is 1.64. The molecule has 1 aliphatic carbocycles. The number of anilines is 1. The van der Waals surface area contributed by atoms with Crippen LogP contribution in [0.3, 0.4) is 0 Å². The number of hydrogen-bond acceptors (Lipinski definition) is 4. The molecule has 1 aromatic heterocycles. The Hall–Kier alpha value is -0.610. The highest BCUT2D eigenvalue weighted by atomic mass is 32.1. The molecule has 0 radical (unpaired) electrons. The lowest BCUT2D eigenvalue weighted by atomic mass is 9.80. The van der Waals surface area contributed by atoms with Gasteiger partial charge in [-0.05, 0) is 24.7 Å². The Morgan fingerprint density at radius 2 is 2.20 bits per heavy atom. The third kappa shape index (κ3) is 2.92. The van der Waals surface area contributed by atoms with Gasteiger partial charge in [0, 0.05) is 24.7 Å². The molecule has 1 aliphatic rings. The lowest BCUT2D eigenvalue weighted by Gasteiger charge is -2.30. The summed E-state index contributed by atoms with van der Waals surface area (Å²) in [5.41, 5.74) is 0. The molecule has 1 heterocycles. The molecule has 0 aromatic carbocycles. The van der Waals surface area contributed by atoms with Crippen LogP contribution in [0.1, 0.15) is 25.7 Å². The zero-order valence-electron chi connectivity index (χ0n) is 8.85. The van der Waals surface area contributed by atoms with E-state index in [2.05, 4.69) is 10.3 Å². The second kappa shape index (κ2) is 5.47. The van der Waals surface area contributed by atoms with Gasteiger partial charge in [0.15, 0.2) is 5.13 Å². The number of nitrogens with one attached hydrogen (secondary N) is 1. The normalized spacial score (nSPS) is 26.5. The standard InChI is InChI=1S/C11H18N2OS/c14-8-10-4-2-1-3-9(10)7-13-11-12-5-6-15-11/h5-6,9-10,14H,1-4,7-8H2,(H,12,13). The topological polar surface area (TPSA) is 45.1 Å². The van der Waals surface area contributed by atoms with Crippen LogP contribution in [0, 0.1) is 11.8 Å². The van der Waals surface area contributed by atoms with Crippen LogP contribution in [0.25, 0.3) is 0 Å². The first kappa shape index (κ1) is 10.9. The molecular formula is C11H18N2OS. The summed E-state index contributed by atoms with van der Waals surface area (Å²) in [6.45, 7) is 1.29. The molecule has 0 aliphatic heterocycles. The number of aliphatic hydroxyl groups is 1. The van der Waals surface area contributed by atoms with Crippen molar-refractivity contribution in [2.45, 2.75) is 25.7 Å². The first-order chi connectivity index (χ1) is 7.40. The second-order valence-electron chi connectivity index (χ2n) is 4.21. The van der Waals surface area contributed by atoms with Gasteiger partial charge in [-0.15, -0.1) is 11.3 Å². The minimum absolute atomic E-state index is 0.338. The van der Waals surface area contributed by atoms with Gasteiger partial charge in [0.2, 0.25) is 0 Å². The summed E-state index contributed by atoms with van der Waals surface area (Å²) in [6, 6.07) is 0. The van der Waals surface area contributed by atoms with Crippen molar-refractivity contribution < 1.29 is 5.11 Å². The highest BCUT2D eigenvalue weighted by Gasteiger charge is 2.24. The van der Waals surface area contributed by atoms with Crippen molar-refractivity contribution in [2.75, 3.05) is 18.5 Å². The van der Waals surface area contributed by atoms with Crippen molar-refractivity contribution in [1.29, 1.82) is 0 Å². The lowest BCUT2D eigenvalue weighted by molar-refractivity contribution is 0.141. The van der Waals surface area contributed by atoms with Crippen LogP contribution in [0.5, 0.6) is 0 Å². The summed E-state index contributed by atoms with van der Waals surface area (Å²) < 4.78 is 0. The Morgan fingerprint density at radius 3 is 2.87 bits per heavy atom. The molecule has 0 saturated heterocycles. The Labute approximate surface area is 94.5 Å². The van der Waals surface area contributed by atoms with Crippen LogP contribution in [-0.4, -0.2) is 23.2 Å². The fourth-order valence-corrected chi connectivity index (χ4v) is 2.86. The minimum Gasteiger partial charge on any atom is -0.396 e. The smallest absolute Gasteiger partial charge is 0.182 e. The SMILES string of the molecule is OCC1CCCCC1CNc1nccs1. The van der Waals surface area contributed by atoms with E-state index in [9.17, 15) is 5.11 Å². The molecule has 1 aromatic rings. The van der Waals surface area contributed by atoms with E-state index in [0.717, 1.165) is 11.7 Å². The van der Waals surface area contributed by atoms with Crippen LogP contribution in [0.2, 0.25) is 0 Å². The zero-order chi connectivity index (χ0) is 10.5. The summed E-state index contributed by atoms with van der Waals surface area (Å²) in [5, 5.41) is 15.6. The largest absolute Gasteiger partial charge is 0.396 e. The Kier molecular flexibility index (Phi) is 3.97. The van der Waals surface area contributed by atoms with Crippen LogP contribution < -0.4 is 5.32 Å². The van der Waals surface area contributed by atoms with E-state index in [1.165, 1.54) is 25.7 Å². The maximum atomic E-state index is 9.28.